The molecule has 0 unspecified atom stereocenters. The van der Waals surface area contributed by atoms with Crippen molar-refractivity contribution in [2.24, 2.45) is 5.92 Å². The van der Waals surface area contributed by atoms with E-state index in [2.05, 4.69) is 13.2 Å². The van der Waals surface area contributed by atoms with Gasteiger partial charge in [0, 0.05) is 11.1 Å². The van der Waals surface area contributed by atoms with Gasteiger partial charge in [-0.3, -0.25) is 0 Å². The van der Waals surface area contributed by atoms with Gasteiger partial charge in [-0.1, -0.05) is 75.6 Å². The lowest BCUT2D eigenvalue weighted by Gasteiger charge is -2.21. The molecule has 0 N–H and O–H groups in total. The monoisotopic (exact) mass is 326 g/mol. The van der Waals surface area contributed by atoms with E-state index < -0.39 is 11.9 Å². The van der Waals surface area contributed by atoms with E-state index in [4.69, 9.17) is 4.74 Å². The molecule has 0 aliphatic heterocycles. The van der Waals surface area contributed by atoms with Gasteiger partial charge in [0.15, 0.2) is 0 Å². The minimum atomic E-state index is -0.638. The van der Waals surface area contributed by atoms with Gasteiger partial charge in [-0.05, 0) is 30.7 Å². The van der Waals surface area contributed by atoms with Gasteiger partial charge in [-0.25, -0.2) is 9.59 Å². The summed E-state index contributed by atoms with van der Waals surface area (Å²) in [6.07, 6.45) is 7.76. The fourth-order valence-electron chi connectivity index (χ4n) is 3.09. The van der Waals surface area contributed by atoms with Crippen molar-refractivity contribution in [2.45, 2.75) is 51.4 Å². The highest BCUT2D eigenvalue weighted by Gasteiger charge is 2.21. The van der Waals surface area contributed by atoms with Crippen LogP contribution in [-0.2, 0) is 20.7 Å². The summed E-state index contributed by atoms with van der Waals surface area (Å²) in [5.41, 5.74) is 1.84. The Bertz CT molecular complexity index is 595. The van der Waals surface area contributed by atoms with Crippen LogP contribution in [0.2, 0.25) is 0 Å². The van der Waals surface area contributed by atoms with E-state index in [1.807, 2.05) is 30.3 Å². The van der Waals surface area contributed by atoms with E-state index in [1.54, 1.807) is 0 Å². The van der Waals surface area contributed by atoms with Crippen LogP contribution in [-0.4, -0.2) is 11.9 Å². The summed E-state index contributed by atoms with van der Waals surface area (Å²) >= 11 is 0. The van der Waals surface area contributed by atoms with Crippen LogP contribution in [0.5, 0.6) is 0 Å². The zero-order chi connectivity index (χ0) is 17.4. The van der Waals surface area contributed by atoms with Crippen LogP contribution in [0.3, 0.4) is 0 Å². The quantitative estimate of drug-likeness (QED) is 0.412. The molecule has 2 rings (SSSR count). The predicted molar refractivity (Wildman–Crippen MR) is 95.3 cm³/mol. The summed E-state index contributed by atoms with van der Waals surface area (Å²) in [6.45, 7) is 7.54. The zero-order valence-electron chi connectivity index (χ0n) is 14.3. The third kappa shape index (κ3) is 5.80. The number of ether oxygens (including phenoxy) is 1. The van der Waals surface area contributed by atoms with Gasteiger partial charge < -0.3 is 4.74 Å². The molecular weight excluding hydrogens is 300 g/mol. The molecule has 0 heterocycles. The third-order valence-corrected chi connectivity index (χ3v) is 4.58. The van der Waals surface area contributed by atoms with Crippen molar-refractivity contribution < 1.29 is 14.3 Å². The fourth-order valence-corrected chi connectivity index (χ4v) is 3.09. The number of carbonyl (C=O) groups excluding carboxylic acids is 2. The molecule has 0 saturated heterocycles. The third-order valence-electron chi connectivity index (χ3n) is 4.58. The van der Waals surface area contributed by atoms with Crippen LogP contribution in [0.15, 0.2) is 54.6 Å². The molecule has 0 amide bonds. The molecule has 1 fully saturated rings. The molecular formula is C21H26O3. The van der Waals surface area contributed by atoms with Crippen molar-refractivity contribution >= 4 is 11.9 Å². The Balaban J connectivity index is 1.74. The summed E-state index contributed by atoms with van der Waals surface area (Å²) in [5, 5.41) is 0. The van der Waals surface area contributed by atoms with Crippen LogP contribution in [0.4, 0.5) is 0 Å². The van der Waals surface area contributed by atoms with Crippen LogP contribution < -0.4 is 0 Å². The number of esters is 2. The molecule has 3 heteroatoms. The number of carbonyl (C=O) groups is 2. The van der Waals surface area contributed by atoms with Crippen molar-refractivity contribution in [3.8, 4) is 0 Å². The highest BCUT2D eigenvalue weighted by molar-refractivity contribution is 6.01. The van der Waals surface area contributed by atoms with Gasteiger partial charge in [0.1, 0.15) is 0 Å². The maximum absolute atomic E-state index is 12.0. The summed E-state index contributed by atoms with van der Waals surface area (Å²) in [5.74, 6) is -0.748. The minimum absolute atomic E-state index is 0.317. The first-order valence-corrected chi connectivity index (χ1v) is 8.72. The summed E-state index contributed by atoms with van der Waals surface area (Å²) in [7, 11) is 0. The SMILES string of the molecule is C=C(CCc1ccccc1)C(=O)OC(=O)C(=C)CC1CCCCC1. The maximum Gasteiger partial charge on any atom is 0.341 e. The Kier molecular flexibility index (Phi) is 6.98. The Morgan fingerprint density at radius 3 is 2.25 bits per heavy atom. The van der Waals surface area contributed by atoms with Crippen molar-refractivity contribution in [1.82, 2.24) is 0 Å². The van der Waals surface area contributed by atoms with Crippen molar-refractivity contribution in [3.63, 3.8) is 0 Å². The van der Waals surface area contributed by atoms with E-state index in [0.29, 0.717) is 36.3 Å². The largest absolute Gasteiger partial charge is 0.386 e. The Morgan fingerprint density at radius 2 is 1.58 bits per heavy atom. The number of hydrogen-bond donors (Lipinski definition) is 0. The molecule has 0 bridgehead atoms. The number of rotatable bonds is 7. The lowest BCUT2D eigenvalue weighted by molar-refractivity contribution is -0.154. The Morgan fingerprint density at radius 1 is 0.958 bits per heavy atom. The number of benzene rings is 1. The fraction of sp³-hybridized carbons (Fsp3) is 0.429. The second-order valence-electron chi connectivity index (χ2n) is 6.58. The topological polar surface area (TPSA) is 43.4 Å². The van der Waals surface area contributed by atoms with E-state index in [1.165, 1.54) is 19.3 Å². The lowest BCUT2D eigenvalue weighted by Crippen LogP contribution is -2.18. The second-order valence-corrected chi connectivity index (χ2v) is 6.58. The predicted octanol–water partition coefficient (Wildman–Crippen LogP) is 4.77. The normalized spacial score (nSPS) is 14.8. The highest BCUT2D eigenvalue weighted by atomic mass is 16.6. The van der Waals surface area contributed by atoms with E-state index in [9.17, 15) is 9.59 Å². The van der Waals surface area contributed by atoms with Crippen molar-refractivity contribution in [2.75, 3.05) is 0 Å². The first kappa shape index (κ1) is 18.2. The van der Waals surface area contributed by atoms with Crippen LogP contribution in [0, 0.1) is 5.92 Å². The van der Waals surface area contributed by atoms with Crippen LogP contribution in [0.1, 0.15) is 50.5 Å². The number of hydrogen-bond acceptors (Lipinski definition) is 3. The van der Waals surface area contributed by atoms with Gasteiger partial charge in [-0.15, -0.1) is 0 Å². The van der Waals surface area contributed by atoms with Crippen molar-refractivity contribution in [3.05, 3.63) is 60.2 Å². The first-order valence-electron chi connectivity index (χ1n) is 8.72. The molecule has 1 aromatic rings. The first-order chi connectivity index (χ1) is 11.6. The second kappa shape index (κ2) is 9.21. The average molecular weight is 326 g/mol. The van der Waals surface area contributed by atoms with E-state index >= 15 is 0 Å². The Hall–Kier alpha value is -2.16. The average Bonchev–Trinajstić information content (AvgIpc) is 2.61. The molecule has 24 heavy (non-hydrogen) atoms. The van der Waals surface area contributed by atoms with E-state index in [0.717, 1.165) is 18.4 Å². The summed E-state index contributed by atoms with van der Waals surface area (Å²) in [4.78, 5) is 24.0. The van der Waals surface area contributed by atoms with Gasteiger partial charge in [0.25, 0.3) is 0 Å². The Labute approximate surface area is 144 Å². The molecule has 1 aromatic carbocycles. The maximum atomic E-state index is 12.0. The number of aryl methyl sites for hydroxylation is 1. The standard InChI is InChI=1S/C21H26O3/c1-16(13-14-18-9-5-3-6-10-18)20(22)24-21(23)17(2)15-19-11-7-4-8-12-19/h3,5-6,9-10,19H,1-2,4,7-8,11-15H2. The molecule has 0 spiro atoms. The molecule has 0 radical (unpaired) electrons. The molecule has 0 aromatic heterocycles. The zero-order valence-corrected chi connectivity index (χ0v) is 14.3. The summed E-state index contributed by atoms with van der Waals surface area (Å²) in [6, 6.07) is 9.85. The van der Waals surface area contributed by atoms with Crippen LogP contribution in [0.25, 0.3) is 0 Å². The van der Waals surface area contributed by atoms with Crippen molar-refractivity contribution in [1.29, 1.82) is 0 Å². The van der Waals surface area contributed by atoms with Crippen LogP contribution >= 0.6 is 0 Å². The minimum Gasteiger partial charge on any atom is -0.386 e. The van der Waals surface area contributed by atoms with Gasteiger partial charge in [-0.2, -0.15) is 0 Å². The highest BCUT2D eigenvalue weighted by Crippen LogP contribution is 2.28. The molecule has 3 nitrogen and oxygen atoms in total. The molecule has 0 atom stereocenters. The lowest BCUT2D eigenvalue weighted by atomic mass is 9.85. The smallest absolute Gasteiger partial charge is 0.341 e. The van der Waals surface area contributed by atoms with Gasteiger partial charge in [0.05, 0.1) is 0 Å². The van der Waals surface area contributed by atoms with E-state index in [-0.39, 0.29) is 0 Å². The molecule has 1 aliphatic carbocycles. The van der Waals surface area contributed by atoms with Gasteiger partial charge in [0.2, 0.25) is 0 Å². The molecule has 128 valence electrons. The molecule has 1 aliphatic rings. The molecule has 1 saturated carbocycles. The summed E-state index contributed by atoms with van der Waals surface area (Å²) < 4.78 is 4.93. The van der Waals surface area contributed by atoms with Gasteiger partial charge >= 0.3 is 11.9 Å².